The quantitative estimate of drug-likeness (QED) is 0.338. The van der Waals surface area contributed by atoms with E-state index in [-0.39, 0.29) is 17.2 Å². The van der Waals surface area contributed by atoms with Crippen LogP contribution in [0.4, 0.5) is 4.79 Å². The number of imide groups is 1. The predicted molar refractivity (Wildman–Crippen MR) is 118 cm³/mol. The number of ketones is 1. The highest BCUT2D eigenvalue weighted by Gasteiger charge is 2.36. The van der Waals surface area contributed by atoms with Gasteiger partial charge in [-0.2, -0.15) is 0 Å². The number of thioether (sulfide) groups is 1. The number of halogens is 2. The van der Waals surface area contributed by atoms with Crippen LogP contribution in [-0.4, -0.2) is 28.4 Å². The first kappa shape index (κ1) is 20.5. The van der Waals surface area contributed by atoms with Gasteiger partial charge in [0.05, 0.1) is 16.5 Å². The lowest BCUT2D eigenvalue weighted by Gasteiger charge is -2.11. The molecule has 1 aromatic heterocycles. The number of Topliss-reactive ketones (excluding diaryl/α,β-unsaturated/α-hetero) is 1. The van der Waals surface area contributed by atoms with Gasteiger partial charge < -0.3 is 4.42 Å². The van der Waals surface area contributed by atoms with Crippen LogP contribution in [0.2, 0.25) is 10.0 Å². The molecule has 0 saturated carbocycles. The standard InChI is InChI=1S/C22H13Cl2NO4S/c23-14-6-8-17(24)16(10-14)19-9-7-15(29-19)11-20-21(27)25(22(28)30-20)12-18(26)13-4-2-1-3-5-13/h1-11H,12H2/b20-11+. The van der Waals surface area contributed by atoms with Crippen LogP contribution in [0.1, 0.15) is 16.1 Å². The molecule has 1 saturated heterocycles. The van der Waals surface area contributed by atoms with Gasteiger partial charge >= 0.3 is 0 Å². The molecule has 0 aliphatic carbocycles. The Balaban J connectivity index is 1.53. The van der Waals surface area contributed by atoms with E-state index in [0.717, 1.165) is 16.7 Å². The normalized spacial score (nSPS) is 15.3. The molecule has 3 aromatic rings. The molecule has 0 unspecified atom stereocenters. The Kier molecular flexibility index (Phi) is 5.81. The van der Waals surface area contributed by atoms with Gasteiger partial charge in [-0.25, -0.2) is 0 Å². The summed E-state index contributed by atoms with van der Waals surface area (Å²) in [6, 6.07) is 16.9. The second kappa shape index (κ2) is 8.52. The SMILES string of the molecule is O=C(CN1C(=O)S/C(=C/c2ccc(-c3cc(Cl)ccc3Cl)o2)C1=O)c1ccccc1. The van der Waals surface area contributed by atoms with Crippen LogP contribution < -0.4 is 0 Å². The Morgan fingerprint density at radius 2 is 1.80 bits per heavy atom. The van der Waals surface area contributed by atoms with Gasteiger partial charge in [0.25, 0.3) is 11.1 Å². The molecule has 0 N–H and O–H groups in total. The lowest BCUT2D eigenvalue weighted by Crippen LogP contribution is -2.33. The second-order valence-corrected chi connectivity index (χ2v) is 8.22. The van der Waals surface area contributed by atoms with Gasteiger partial charge in [0, 0.05) is 22.2 Å². The molecule has 1 aliphatic heterocycles. The first-order valence-corrected chi connectivity index (χ1v) is 10.4. The first-order chi connectivity index (χ1) is 14.4. The minimum Gasteiger partial charge on any atom is -0.457 e. The number of amides is 2. The zero-order valence-electron chi connectivity index (χ0n) is 15.3. The molecule has 1 aliphatic rings. The number of hydrogen-bond donors (Lipinski definition) is 0. The third-order valence-electron chi connectivity index (χ3n) is 4.37. The summed E-state index contributed by atoms with van der Waals surface area (Å²) >= 11 is 13.0. The van der Waals surface area contributed by atoms with Gasteiger partial charge in [-0.3, -0.25) is 19.3 Å². The molecule has 1 fully saturated rings. The molecule has 2 amide bonds. The Labute approximate surface area is 186 Å². The molecule has 8 heteroatoms. The van der Waals surface area contributed by atoms with Crippen molar-refractivity contribution in [2.45, 2.75) is 0 Å². The smallest absolute Gasteiger partial charge is 0.293 e. The van der Waals surface area contributed by atoms with E-state index in [2.05, 4.69) is 0 Å². The number of furan rings is 1. The Hall–Kier alpha value is -2.80. The van der Waals surface area contributed by atoms with Crippen molar-refractivity contribution < 1.29 is 18.8 Å². The number of hydrogen-bond acceptors (Lipinski definition) is 5. The van der Waals surface area contributed by atoms with Crippen molar-refractivity contribution in [3.8, 4) is 11.3 Å². The average Bonchev–Trinajstić information content (AvgIpc) is 3.30. The summed E-state index contributed by atoms with van der Waals surface area (Å²) in [4.78, 5) is 38.4. The summed E-state index contributed by atoms with van der Waals surface area (Å²) in [6.45, 7) is -0.312. The van der Waals surface area contributed by atoms with E-state index in [4.69, 9.17) is 27.6 Å². The van der Waals surface area contributed by atoms with Crippen molar-refractivity contribution in [2.75, 3.05) is 6.54 Å². The Morgan fingerprint density at radius 3 is 2.57 bits per heavy atom. The Morgan fingerprint density at radius 1 is 1.03 bits per heavy atom. The zero-order valence-corrected chi connectivity index (χ0v) is 17.6. The van der Waals surface area contributed by atoms with Crippen molar-refractivity contribution in [3.05, 3.63) is 86.9 Å². The van der Waals surface area contributed by atoms with Crippen LogP contribution in [0, 0.1) is 0 Å². The summed E-state index contributed by atoms with van der Waals surface area (Å²) < 4.78 is 5.75. The molecule has 0 atom stereocenters. The third-order valence-corrected chi connectivity index (χ3v) is 5.84. The topological polar surface area (TPSA) is 67.6 Å². The van der Waals surface area contributed by atoms with E-state index in [1.807, 2.05) is 0 Å². The summed E-state index contributed by atoms with van der Waals surface area (Å²) in [5, 5.41) is 0.483. The van der Waals surface area contributed by atoms with Crippen molar-refractivity contribution in [1.82, 2.24) is 4.90 Å². The van der Waals surface area contributed by atoms with E-state index in [1.165, 1.54) is 6.08 Å². The molecular formula is C22H13Cl2NO4S. The van der Waals surface area contributed by atoms with Crippen molar-refractivity contribution in [3.63, 3.8) is 0 Å². The number of carbonyl (C=O) groups is 3. The maximum absolute atomic E-state index is 12.6. The first-order valence-electron chi connectivity index (χ1n) is 8.81. The van der Waals surface area contributed by atoms with Crippen LogP contribution in [0.25, 0.3) is 17.4 Å². The molecule has 30 heavy (non-hydrogen) atoms. The zero-order chi connectivity index (χ0) is 21.3. The van der Waals surface area contributed by atoms with Gasteiger partial charge in [-0.15, -0.1) is 0 Å². The minimum atomic E-state index is -0.534. The fourth-order valence-electron chi connectivity index (χ4n) is 2.89. The van der Waals surface area contributed by atoms with Crippen LogP contribution in [-0.2, 0) is 4.79 Å². The summed E-state index contributed by atoms with van der Waals surface area (Å²) in [5.41, 5.74) is 1.06. The molecule has 2 aromatic carbocycles. The minimum absolute atomic E-state index is 0.180. The average molecular weight is 458 g/mol. The molecule has 0 radical (unpaired) electrons. The number of carbonyl (C=O) groups excluding carboxylic acids is 3. The van der Waals surface area contributed by atoms with Crippen molar-refractivity contribution in [2.24, 2.45) is 0 Å². The number of benzene rings is 2. The van der Waals surface area contributed by atoms with E-state index in [1.54, 1.807) is 60.7 Å². The number of nitrogens with zero attached hydrogens (tertiary/aromatic N) is 1. The van der Waals surface area contributed by atoms with Crippen LogP contribution >= 0.6 is 35.0 Å². The van der Waals surface area contributed by atoms with E-state index >= 15 is 0 Å². The lowest BCUT2D eigenvalue weighted by atomic mass is 10.1. The van der Waals surface area contributed by atoms with Crippen LogP contribution in [0.5, 0.6) is 0 Å². The largest absolute Gasteiger partial charge is 0.457 e. The molecule has 0 bridgehead atoms. The van der Waals surface area contributed by atoms with Crippen molar-refractivity contribution in [1.29, 1.82) is 0 Å². The highest BCUT2D eigenvalue weighted by Crippen LogP contribution is 2.35. The highest BCUT2D eigenvalue weighted by molar-refractivity contribution is 8.18. The van der Waals surface area contributed by atoms with Gasteiger partial charge in [0.1, 0.15) is 11.5 Å². The van der Waals surface area contributed by atoms with Gasteiger partial charge in [0.15, 0.2) is 5.78 Å². The van der Waals surface area contributed by atoms with E-state index < -0.39 is 11.1 Å². The molecular weight excluding hydrogens is 445 g/mol. The van der Waals surface area contributed by atoms with E-state index in [9.17, 15) is 14.4 Å². The number of rotatable bonds is 5. The Bertz CT molecular complexity index is 1190. The third kappa shape index (κ3) is 4.21. The molecule has 150 valence electrons. The monoisotopic (exact) mass is 457 g/mol. The predicted octanol–water partition coefficient (Wildman–Crippen LogP) is 6.17. The fraction of sp³-hybridized carbons (Fsp3) is 0.0455. The van der Waals surface area contributed by atoms with Gasteiger partial charge in [-0.1, -0.05) is 53.5 Å². The fourth-order valence-corrected chi connectivity index (χ4v) is 4.09. The maximum Gasteiger partial charge on any atom is 0.293 e. The van der Waals surface area contributed by atoms with Crippen molar-refractivity contribution >= 4 is 58.0 Å². The van der Waals surface area contributed by atoms with Crippen LogP contribution in [0.15, 0.2) is 70.0 Å². The summed E-state index contributed by atoms with van der Waals surface area (Å²) in [5.74, 6) is 0.0104. The molecule has 2 heterocycles. The van der Waals surface area contributed by atoms with Gasteiger partial charge in [0.2, 0.25) is 0 Å². The molecule has 0 spiro atoms. The lowest BCUT2D eigenvalue weighted by molar-refractivity contribution is -0.122. The summed E-state index contributed by atoms with van der Waals surface area (Å²) in [7, 11) is 0. The second-order valence-electron chi connectivity index (χ2n) is 6.38. The van der Waals surface area contributed by atoms with Crippen LogP contribution in [0.3, 0.4) is 0 Å². The van der Waals surface area contributed by atoms with E-state index in [0.29, 0.717) is 32.7 Å². The maximum atomic E-state index is 12.6. The summed E-state index contributed by atoms with van der Waals surface area (Å²) in [6.07, 6.45) is 1.47. The molecule has 4 rings (SSSR count). The van der Waals surface area contributed by atoms with Gasteiger partial charge in [-0.05, 0) is 42.1 Å². The molecule has 5 nitrogen and oxygen atoms in total. The highest BCUT2D eigenvalue weighted by atomic mass is 35.5.